The third-order valence-electron chi connectivity index (χ3n) is 7.60. The lowest BCUT2D eigenvalue weighted by molar-refractivity contribution is -0.117. The topological polar surface area (TPSA) is 65.1 Å². The molecule has 206 valence electrons. The van der Waals surface area contributed by atoms with E-state index < -0.39 is 5.92 Å². The minimum absolute atomic E-state index is 0.0849. The molecule has 2 aromatic carbocycles. The Bertz CT molecular complexity index is 1300. The molecule has 39 heavy (non-hydrogen) atoms. The lowest BCUT2D eigenvalue weighted by atomic mass is 9.71. The highest BCUT2D eigenvalue weighted by Gasteiger charge is 2.43. The molecule has 0 fully saturated rings. The molecule has 0 atom stereocenters. The summed E-state index contributed by atoms with van der Waals surface area (Å²) in [5.41, 5.74) is 5.02. The fourth-order valence-corrected chi connectivity index (χ4v) is 6.39. The maximum atomic E-state index is 13.5. The lowest BCUT2D eigenvalue weighted by Gasteiger charge is -2.44. The molecule has 0 amide bonds. The van der Waals surface area contributed by atoms with Crippen molar-refractivity contribution in [3.8, 4) is 11.5 Å². The van der Waals surface area contributed by atoms with Crippen molar-refractivity contribution in [2.45, 2.75) is 58.0 Å². The Morgan fingerprint density at radius 1 is 0.897 bits per heavy atom. The second kappa shape index (κ2) is 12.2. The van der Waals surface area contributed by atoms with Crippen LogP contribution in [0, 0.1) is 0 Å². The van der Waals surface area contributed by atoms with Crippen molar-refractivity contribution in [2.75, 3.05) is 26.9 Å². The summed E-state index contributed by atoms with van der Waals surface area (Å²) in [5.74, 6) is 0.574. The predicted octanol–water partition coefficient (Wildman–Crippen LogP) is 7.03. The Labute approximate surface area is 239 Å². The number of allylic oxidation sites excluding steroid dienone is 4. The molecule has 8 heteroatoms. The number of rotatable bonds is 9. The van der Waals surface area contributed by atoms with Gasteiger partial charge in [0.2, 0.25) is 0 Å². The monoisotopic (exact) mass is 569 g/mol. The Morgan fingerprint density at radius 2 is 1.56 bits per heavy atom. The largest absolute Gasteiger partial charge is 0.490 e. The highest BCUT2D eigenvalue weighted by atomic mass is 35.5. The molecule has 6 nitrogen and oxygen atoms in total. The summed E-state index contributed by atoms with van der Waals surface area (Å²) in [6, 6.07) is 11.2. The van der Waals surface area contributed by atoms with Gasteiger partial charge in [-0.2, -0.15) is 0 Å². The number of benzene rings is 2. The summed E-state index contributed by atoms with van der Waals surface area (Å²) in [5, 5.41) is 0.967. The number of nitrogens with zero attached hydrogens (tertiary/aromatic N) is 1. The van der Waals surface area contributed by atoms with E-state index in [0.29, 0.717) is 65.3 Å². The van der Waals surface area contributed by atoms with Crippen molar-refractivity contribution in [2.24, 2.45) is 0 Å². The molecular formula is C31H33Cl2NO5. The van der Waals surface area contributed by atoms with Crippen molar-refractivity contribution in [3.63, 3.8) is 0 Å². The number of carbonyl (C=O) groups is 2. The summed E-state index contributed by atoms with van der Waals surface area (Å²) < 4.78 is 17.5. The summed E-state index contributed by atoms with van der Waals surface area (Å²) in [4.78, 5) is 29.2. The fraction of sp³-hybridized carbons (Fsp3) is 0.419. The van der Waals surface area contributed by atoms with Gasteiger partial charge in [0.15, 0.2) is 23.1 Å². The quantitative estimate of drug-likeness (QED) is 0.323. The average molecular weight is 571 g/mol. The summed E-state index contributed by atoms with van der Waals surface area (Å²) in [6.07, 6.45) is 4.10. The molecule has 0 saturated heterocycles. The van der Waals surface area contributed by atoms with Crippen molar-refractivity contribution in [3.05, 3.63) is 80.1 Å². The van der Waals surface area contributed by atoms with Gasteiger partial charge < -0.3 is 19.1 Å². The van der Waals surface area contributed by atoms with Gasteiger partial charge in [0.1, 0.15) is 6.61 Å². The highest BCUT2D eigenvalue weighted by Crippen LogP contribution is 2.51. The van der Waals surface area contributed by atoms with Gasteiger partial charge in [-0.1, -0.05) is 41.4 Å². The maximum Gasteiger partial charge on any atom is 0.180 e. The Balaban J connectivity index is 1.61. The van der Waals surface area contributed by atoms with E-state index in [1.165, 1.54) is 0 Å². The number of carbonyl (C=O) groups excluding carboxylic acids is 2. The average Bonchev–Trinajstić information content (AvgIpc) is 2.92. The summed E-state index contributed by atoms with van der Waals surface area (Å²) in [6.45, 7) is 3.64. The van der Waals surface area contributed by atoms with Crippen LogP contribution < -0.4 is 9.47 Å². The van der Waals surface area contributed by atoms with E-state index in [1.807, 2.05) is 43.3 Å². The van der Waals surface area contributed by atoms with Crippen LogP contribution in [0.1, 0.15) is 62.5 Å². The van der Waals surface area contributed by atoms with Crippen molar-refractivity contribution >= 4 is 34.8 Å². The van der Waals surface area contributed by atoms with Gasteiger partial charge >= 0.3 is 0 Å². The van der Waals surface area contributed by atoms with Gasteiger partial charge in [0, 0.05) is 65.5 Å². The van der Waals surface area contributed by atoms with Gasteiger partial charge in [0.05, 0.1) is 18.2 Å². The van der Waals surface area contributed by atoms with Gasteiger partial charge in [-0.3, -0.25) is 9.59 Å². The number of methoxy groups -OCH3 is 1. The Hall–Kier alpha value is -2.80. The van der Waals surface area contributed by atoms with Crippen LogP contribution in [0.25, 0.3) is 0 Å². The van der Waals surface area contributed by atoms with E-state index in [9.17, 15) is 9.59 Å². The second-order valence-corrected chi connectivity index (χ2v) is 10.8. The first kappa shape index (κ1) is 27.8. The number of ketones is 2. The molecule has 1 heterocycles. The fourth-order valence-electron chi connectivity index (χ4n) is 5.93. The van der Waals surface area contributed by atoms with E-state index >= 15 is 0 Å². The molecule has 0 saturated carbocycles. The molecule has 0 spiro atoms. The first-order valence-corrected chi connectivity index (χ1v) is 14.3. The normalized spacial score (nSPS) is 17.9. The van der Waals surface area contributed by atoms with Gasteiger partial charge in [-0.15, -0.1) is 0 Å². The third kappa shape index (κ3) is 5.47. The molecule has 0 radical (unpaired) electrons. The SMILES string of the molecule is CCOc1cc(C2C3=C(CCCC3=O)N(CCOC)C3=C2C(=O)CCC3)cc(Cl)c1OCc1ccccc1Cl. The first-order valence-electron chi connectivity index (χ1n) is 13.6. The third-order valence-corrected chi connectivity index (χ3v) is 8.25. The van der Waals surface area contributed by atoms with E-state index in [-0.39, 0.29) is 18.2 Å². The summed E-state index contributed by atoms with van der Waals surface area (Å²) in [7, 11) is 1.67. The molecule has 0 N–H and O–H groups in total. The van der Waals surface area contributed by atoms with Crippen molar-refractivity contribution in [1.29, 1.82) is 0 Å². The molecular weight excluding hydrogens is 537 g/mol. The molecule has 0 aromatic heterocycles. The number of halogens is 2. The summed E-state index contributed by atoms with van der Waals surface area (Å²) >= 11 is 13.2. The first-order chi connectivity index (χ1) is 18.9. The number of Topliss-reactive ketones (excluding diaryl/α,β-unsaturated/α-hetero) is 2. The van der Waals surface area contributed by atoms with Crippen LogP contribution in [-0.2, 0) is 20.9 Å². The standard InChI is InChI=1S/C31H33Cl2NO5/c1-3-38-27-17-20(16-22(33)31(27)39-18-19-8-4-5-9-21(19)32)28-29-23(10-6-12-25(29)35)34(14-15-37-2)24-11-7-13-26(36)30(24)28/h4-5,8-9,16-17,28H,3,6-7,10-15,18H2,1-2H3. The predicted molar refractivity (Wildman–Crippen MR) is 151 cm³/mol. The molecule has 0 bridgehead atoms. The van der Waals surface area contributed by atoms with Gasteiger partial charge in [-0.25, -0.2) is 0 Å². The molecule has 0 unspecified atom stereocenters. The zero-order valence-electron chi connectivity index (χ0n) is 22.4. The van der Waals surface area contributed by atoms with Crippen LogP contribution in [-0.4, -0.2) is 43.3 Å². The highest BCUT2D eigenvalue weighted by molar-refractivity contribution is 6.32. The Kier molecular flexibility index (Phi) is 8.65. The van der Waals surface area contributed by atoms with Crippen LogP contribution in [0.15, 0.2) is 58.9 Å². The van der Waals surface area contributed by atoms with Crippen LogP contribution in [0.2, 0.25) is 10.0 Å². The van der Waals surface area contributed by atoms with Crippen LogP contribution >= 0.6 is 23.2 Å². The smallest absolute Gasteiger partial charge is 0.180 e. The number of hydrogen-bond donors (Lipinski definition) is 0. The van der Waals surface area contributed by atoms with Crippen molar-refractivity contribution < 1.29 is 23.8 Å². The van der Waals surface area contributed by atoms with Crippen LogP contribution in [0.5, 0.6) is 11.5 Å². The lowest BCUT2D eigenvalue weighted by Crippen LogP contribution is -2.40. The molecule has 2 aliphatic carbocycles. The van der Waals surface area contributed by atoms with Crippen LogP contribution in [0.4, 0.5) is 0 Å². The molecule has 1 aliphatic heterocycles. The maximum absolute atomic E-state index is 13.5. The number of hydrogen-bond acceptors (Lipinski definition) is 6. The molecule has 2 aromatic rings. The second-order valence-electron chi connectivity index (χ2n) is 9.99. The van der Waals surface area contributed by atoms with E-state index in [2.05, 4.69) is 4.90 Å². The van der Waals surface area contributed by atoms with Crippen LogP contribution in [0.3, 0.4) is 0 Å². The van der Waals surface area contributed by atoms with E-state index in [4.69, 9.17) is 37.4 Å². The minimum atomic E-state index is -0.483. The molecule has 5 rings (SSSR count). The van der Waals surface area contributed by atoms with Gasteiger partial charge in [0.25, 0.3) is 0 Å². The zero-order valence-corrected chi connectivity index (χ0v) is 23.9. The minimum Gasteiger partial charge on any atom is -0.490 e. The Morgan fingerprint density at radius 3 is 2.18 bits per heavy atom. The molecule has 3 aliphatic rings. The van der Waals surface area contributed by atoms with E-state index in [0.717, 1.165) is 48.2 Å². The van der Waals surface area contributed by atoms with Crippen molar-refractivity contribution in [1.82, 2.24) is 4.90 Å². The zero-order chi connectivity index (χ0) is 27.5. The van der Waals surface area contributed by atoms with Gasteiger partial charge in [-0.05, 0) is 56.4 Å². The number of ether oxygens (including phenoxy) is 3. The van der Waals surface area contributed by atoms with E-state index in [1.54, 1.807) is 7.11 Å².